The van der Waals surface area contributed by atoms with Gasteiger partial charge in [-0.05, 0) is 233 Å². The van der Waals surface area contributed by atoms with Crippen LogP contribution in [0.4, 0.5) is 14.4 Å². The third-order valence-electron chi connectivity index (χ3n) is 28.7. The topological polar surface area (TPSA) is 745 Å². The number of nitrogens with zero attached hydrogens (tertiary/aromatic N) is 6. The fraction of sp³-hybridized carbons (Fsp3) is 0.918. The Morgan fingerprint density at radius 2 is 0.407 bits per heavy atom. The average Bonchev–Trinajstić information content (AvgIpc) is 1.42. The number of amides is 3. The SMILES string of the molecule is C.C.C.C.C.C.CC1CCN(CCC[C@@H]2OC(CO)C(O)C(O)C2O)CC1.CC1O[C@@H](CCCN2CCC(C(=O)O)CC2)C(O)C(O)C1O.CC1O[C@@H](CCCOC(=O)N2CCC(C(=O)O)CC2)C(O)C(O)C1O.O=C(O)C1CCN(C(=O)OCCCC2OC(CO)C(O)C2O)CC1.O=C(O)C1CCN(C(=O)OCCC[C@@H]2OC(CO)C(O)C(O)C2O)CC1.O=C(O)C1CCN(CCCC2OC(CO)C(O)C2O)CC1. The molecule has 48 nitrogen and oxygen atoms in total. The number of carboxylic acids is 5. The number of carbonyl (C=O) groups excluding carboxylic acids is 3. The summed E-state index contributed by atoms with van der Waals surface area (Å²) in [6.45, 7) is 14.6. The van der Waals surface area contributed by atoms with E-state index >= 15 is 0 Å². The first-order valence-corrected chi connectivity index (χ1v) is 49.4. The van der Waals surface area contributed by atoms with Crippen LogP contribution >= 0.6 is 0 Å². The van der Waals surface area contributed by atoms with Gasteiger partial charge < -0.3 is 200 Å². The number of aliphatic hydroxyl groups is 20. The lowest BCUT2D eigenvalue weighted by Crippen LogP contribution is -2.58. The first-order valence-electron chi connectivity index (χ1n) is 49.4. The number of hydrogen-bond acceptors (Lipinski definition) is 40. The Hall–Kier alpha value is -6.00. The normalized spacial score (nSPS) is 33.6. The highest BCUT2D eigenvalue weighted by atomic mass is 16.6. The van der Waals surface area contributed by atoms with E-state index in [1.54, 1.807) is 13.8 Å². The number of carboxylic acid groups (broad SMARTS) is 5. The molecule has 0 bridgehead atoms. The van der Waals surface area contributed by atoms with Crippen molar-refractivity contribution < 1.29 is 209 Å². The number of aliphatic carboxylic acids is 5. The van der Waals surface area contributed by atoms with Gasteiger partial charge in [-0.3, -0.25) is 24.0 Å². The highest BCUT2D eigenvalue weighted by Gasteiger charge is 2.49. The highest BCUT2D eigenvalue weighted by Crippen LogP contribution is 2.33. The fourth-order valence-electron chi connectivity index (χ4n) is 19.2. The molecule has 12 aliphatic heterocycles. The summed E-state index contributed by atoms with van der Waals surface area (Å²) in [7, 11) is 0. The third kappa shape index (κ3) is 42.5. The molecule has 0 aromatic rings. The summed E-state index contributed by atoms with van der Waals surface area (Å²) in [6, 6.07) is 0. The van der Waals surface area contributed by atoms with Gasteiger partial charge in [0.05, 0.1) is 125 Å². The van der Waals surface area contributed by atoms with Gasteiger partial charge in [0.15, 0.2) is 0 Å². The molecule has 48 heteroatoms. The average molecular weight is 2110 g/mol. The number of rotatable bonds is 33. The second-order valence-corrected chi connectivity index (χ2v) is 38.6. The Morgan fingerprint density at radius 1 is 0.234 bits per heavy atom. The van der Waals surface area contributed by atoms with E-state index in [1.165, 1.54) is 27.5 Å². The number of aliphatic hydroxyl groups excluding tert-OH is 20. The van der Waals surface area contributed by atoms with E-state index in [4.69, 9.17) is 88.6 Å². The molecule has 0 aromatic carbocycles. The zero-order valence-corrected chi connectivity index (χ0v) is 80.0. The molecule has 28 atom stereocenters. The van der Waals surface area contributed by atoms with Crippen LogP contribution in [-0.4, -0.2) is 521 Å². The van der Waals surface area contributed by atoms with Crippen LogP contribution in [0.3, 0.4) is 0 Å². The molecular formula is C97H184N6O42. The van der Waals surface area contributed by atoms with E-state index in [-0.39, 0.29) is 102 Å². The predicted octanol–water partition coefficient (Wildman–Crippen LogP) is -1.07. The summed E-state index contributed by atoms with van der Waals surface area (Å²) in [5.41, 5.74) is 0. The lowest BCUT2D eigenvalue weighted by Gasteiger charge is -2.40. The van der Waals surface area contributed by atoms with E-state index in [0.29, 0.717) is 155 Å². The van der Waals surface area contributed by atoms with Crippen LogP contribution in [0.1, 0.15) is 219 Å². The van der Waals surface area contributed by atoms with Crippen LogP contribution in [0.15, 0.2) is 0 Å². The third-order valence-corrected chi connectivity index (χ3v) is 28.7. The Morgan fingerprint density at radius 3 is 0.621 bits per heavy atom. The molecule has 12 heterocycles. The Kier molecular flexibility index (Phi) is 65.7. The van der Waals surface area contributed by atoms with E-state index in [2.05, 4.69) is 21.6 Å². The summed E-state index contributed by atoms with van der Waals surface area (Å²) in [5, 5.41) is 237. The molecule has 12 saturated heterocycles. The van der Waals surface area contributed by atoms with Gasteiger partial charge in [-0.15, -0.1) is 0 Å². The van der Waals surface area contributed by atoms with E-state index in [9.17, 15) is 120 Å². The summed E-state index contributed by atoms with van der Waals surface area (Å²) < 4.78 is 48.1. The largest absolute Gasteiger partial charge is 0.481 e. The van der Waals surface area contributed by atoms with Crippen molar-refractivity contribution >= 4 is 48.1 Å². The first kappa shape index (κ1) is 137. The van der Waals surface area contributed by atoms with Crippen LogP contribution in [0.25, 0.3) is 0 Å². The van der Waals surface area contributed by atoms with Crippen molar-refractivity contribution in [2.75, 3.05) is 144 Å². The molecule has 145 heavy (non-hydrogen) atoms. The van der Waals surface area contributed by atoms with Gasteiger partial charge in [0.25, 0.3) is 0 Å². The van der Waals surface area contributed by atoms with Gasteiger partial charge in [-0.1, -0.05) is 51.5 Å². The van der Waals surface area contributed by atoms with Crippen LogP contribution in [0.5, 0.6) is 0 Å². The molecule has 3 amide bonds. The molecule has 12 fully saturated rings. The van der Waals surface area contributed by atoms with Gasteiger partial charge in [0.2, 0.25) is 0 Å². The molecular weight excluding hydrogens is 1920 g/mol. The van der Waals surface area contributed by atoms with Crippen molar-refractivity contribution in [1.82, 2.24) is 29.4 Å². The maximum Gasteiger partial charge on any atom is 0.409 e. The Labute approximate surface area is 852 Å². The summed E-state index contributed by atoms with van der Waals surface area (Å²) in [5.74, 6) is -4.80. The van der Waals surface area contributed by atoms with Crippen molar-refractivity contribution in [2.45, 2.75) is 390 Å². The number of piperidine rings is 6. The van der Waals surface area contributed by atoms with Crippen LogP contribution in [-0.2, 0) is 66.6 Å². The van der Waals surface area contributed by atoms with Gasteiger partial charge >= 0.3 is 48.1 Å². The molecule has 25 N–H and O–H groups in total. The summed E-state index contributed by atoms with van der Waals surface area (Å²) in [4.78, 5) is 102. The van der Waals surface area contributed by atoms with Crippen molar-refractivity contribution in [1.29, 1.82) is 0 Å². The number of likely N-dealkylation sites (tertiary alicyclic amines) is 6. The maximum absolute atomic E-state index is 12.0. The van der Waals surface area contributed by atoms with Crippen molar-refractivity contribution in [2.24, 2.45) is 35.5 Å². The fourth-order valence-corrected chi connectivity index (χ4v) is 19.2. The van der Waals surface area contributed by atoms with Gasteiger partial charge in [-0.25, -0.2) is 14.4 Å². The van der Waals surface area contributed by atoms with Gasteiger partial charge in [-0.2, -0.15) is 0 Å². The molecule has 0 spiro atoms. The zero-order chi connectivity index (χ0) is 103. The van der Waals surface area contributed by atoms with Crippen LogP contribution in [0.2, 0.25) is 0 Å². The monoisotopic (exact) mass is 2110 g/mol. The predicted molar refractivity (Wildman–Crippen MR) is 522 cm³/mol. The standard InChI is InChI=1S/C16H27NO9.C16H27NO8.C15H25NO8.C15H27NO6.C15H29NO5.C14H25NO6.6CH4/c18-8-11-13(20)14(21)12(19)10(26-11)2-1-7-25-16(24)17-5-3-9(4-6-17)15(22)23;1-9-12(18)14(20)13(19)11(25-9)3-2-8-24-16(23)17-6-4-10(5-7-17)15(21)22;17-8-11-13(19)12(18)10(24-11)2-1-7-23-15(22)16-5-3-9(4-6-16)14(20)21;1-9-12(17)14(19)13(18)11(22-9)3-2-6-16-7-4-10(5-8-16)15(20)21;1-10-4-7-16(8-5-10)6-2-3-11-13(18)15(20)14(19)12(9-17)21-11;16-8-11-13(18)12(17)10(21-11)2-1-5-15-6-3-9(4-7-15)14(19)20;;;;;;/h9-14,18-21H,1-8H2,(H,22,23);9-14,18-20H,2-8H2,1H3,(H,21,22);9-13,17-19H,1-8H2,(H,20,21);9-14,17-19H,2-8H2,1H3,(H,20,21);10-15,17-20H,2-9H2,1H3;9-13,16-18H,1-8H2,(H,19,20);6*1H4/t10-,11?,12?,13?,14?;9?,11-,12?,13?,14?;;9?,11-,12?,13?,14?;11-,12?,13?,14?,15?;;;;;;;/m00.00......./s1. The van der Waals surface area contributed by atoms with E-state index in [1.807, 2.05) is 0 Å². The van der Waals surface area contributed by atoms with Gasteiger partial charge in [0, 0.05) is 39.3 Å². The maximum atomic E-state index is 12.0. The van der Waals surface area contributed by atoms with Crippen molar-refractivity contribution in [3.8, 4) is 0 Å². The minimum Gasteiger partial charge on any atom is -0.481 e. The molecule has 0 aliphatic carbocycles. The minimum atomic E-state index is -1.41. The van der Waals surface area contributed by atoms with Crippen LogP contribution < -0.4 is 0 Å². The van der Waals surface area contributed by atoms with E-state index < -0.39 is 243 Å². The zero-order valence-electron chi connectivity index (χ0n) is 80.0. The molecule has 12 aliphatic rings. The molecule has 0 saturated carbocycles. The lowest BCUT2D eigenvalue weighted by atomic mass is 9.92. The summed E-state index contributed by atoms with van der Waals surface area (Å²) in [6.07, 6.45) is -13.6. The molecule has 12 rings (SSSR count). The highest BCUT2D eigenvalue weighted by molar-refractivity contribution is 5.73. The van der Waals surface area contributed by atoms with E-state index in [0.717, 1.165) is 84.1 Å². The molecule has 24 unspecified atom stereocenters. The quantitative estimate of drug-likeness (QED) is 0.0275. The van der Waals surface area contributed by atoms with Gasteiger partial charge in [0.1, 0.15) is 122 Å². The molecule has 854 valence electrons. The smallest absolute Gasteiger partial charge is 0.409 e. The number of hydrogen-bond donors (Lipinski definition) is 25. The van der Waals surface area contributed by atoms with Crippen molar-refractivity contribution in [3.05, 3.63) is 0 Å². The second-order valence-electron chi connectivity index (χ2n) is 38.6. The van der Waals surface area contributed by atoms with Crippen molar-refractivity contribution in [3.63, 3.8) is 0 Å². The lowest BCUT2D eigenvalue weighted by molar-refractivity contribution is -0.230. The van der Waals surface area contributed by atoms with Crippen LogP contribution in [0, 0.1) is 35.5 Å². The minimum absolute atomic E-state index is 0. The Balaban J connectivity index is 0.000000864. The summed E-state index contributed by atoms with van der Waals surface area (Å²) >= 11 is 0. The molecule has 0 radical (unpaired) electrons. The number of ether oxygens (including phenoxy) is 9. The second kappa shape index (κ2) is 69.5. The molecule has 0 aromatic heterocycles. The first-order chi connectivity index (χ1) is 66.0. The Bertz CT molecular complexity index is 3550. The number of carbonyl (C=O) groups is 8.